The molecule has 0 aromatic heterocycles. The number of non-ortho nitro benzene ring substituents is 1. The number of ether oxygens (including phenoxy) is 1. The van der Waals surface area contributed by atoms with Crippen molar-refractivity contribution in [1.82, 2.24) is 0 Å². The average molecular weight is 766 g/mol. The van der Waals surface area contributed by atoms with Gasteiger partial charge in [0.2, 0.25) is 17.6 Å². The third kappa shape index (κ3) is 4.55. The van der Waals surface area contributed by atoms with Crippen LogP contribution in [-0.2, 0) is 19.2 Å². The summed E-state index contributed by atoms with van der Waals surface area (Å²) in [5.41, 5.74) is -2.26. The van der Waals surface area contributed by atoms with Gasteiger partial charge in [-0.25, -0.2) is 31.8 Å². The zero-order valence-electron chi connectivity index (χ0n) is 26.3. The zero-order chi connectivity index (χ0) is 37.8. The monoisotopic (exact) mass is 765 g/mol. The van der Waals surface area contributed by atoms with Crippen LogP contribution in [-0.4, -0.2) is 50.0 Å². The van der Waals surface area contributed by atoms with Crippen molar-refractivity contribution in [3.05, 3.63) is 98.9 Å². The second-order valence-electron chi connectivity index (χ2n) is 12.6. The molecule has 0 spiro atoms. The lowest BCUT2D eigenvalue weighted by molar-refractivity contribution is -0.384. The van der Waals surface area contributed by atoms with Crippen LogP contribution in [0.25, 0.3) is 0 Å². The fourth-order valence-corrected chi connectivity index (χ4v) is 8.86. The molecule has 7 rings (SSSR count). The van der Waals surface area contributed by atoms with Crippen LogP contribution >= 0.6 is 23.2 Å². The first-order valence-corrected chi connectivity index (χ1v) is 16.3. The fourth-order valence-electron chi connectivity index (χ4n) is 7.92. The van der Waals surface area contributed by atoms with E-state index in [-0.39, 0.29) is 46.3 Å². The van der Waals surface area contributed by atoms with Gasteiger partial charge in [0, 0.05) is 18.1 Å². The average Bonchev–Trinajstić information content (AvgIpc) is 3.45. The van der Waals surface area contributed by atoms with E-state index in [1.807, 2.05) is 0 Å². The van der Waals surface area contributed by atoms with E-state index in [4.69, 9.17) is 27.9 Å². The lowest BCUT2D eigenvalue weighted by Crippen LogP contribution is -2.60. The number of aromatic hydroxyl groups is 1. The van der Waals surface area contributed by atoms with Gasteiger partial charge in [-0.2, -0.15) is 0 Å². The number of phenols is 1. The van der Waals surface area contributed by atoms with Crippen LogP contribution < -0.4 is 14.5 Å². The first kappa shape index (κ1) is 35.3. The highest BCUT2D eigenvalue weighted by Crippen LogP contribution is 2.66. The maximum absolute atomic E-state index is 15.2. The normalized spacial score (nSPS) is 28.1. The van der Waals surface area contributed by atoms with Gasteiger partial charge in [-0.3, -0.25) is 29.3 Å². The number of phenolic OH excluding ortho intramolecular Hbond substituents is 1. The van der Waals surface area contributed by atoms with Crippen LogP contribution in [0, 0.1) is 57.0 Å². The molecule has 0 unspecified atom stereocenters. The maximum atomic E-state index is 15.2. The van der Waals surface area contributed by atoms with Crippen LogP contribution in [0.3, 0.4) is 0 Å². The van der Waals surface area contributed by atoms with E-state index in [0.29, 0.717) is 0 Å². The minimum absolute atomic E-state index is 0.0309. The molecule has 1 N–H and O–H groups in total. The third-order valence-corrected chi connectivity index (χ3v) is 11.6. The lowest BCUT2D eigenvalue weighted by atomic mass is 9.56. The Kier molecular flexibility index (Phi) is 8.14. The number of nitro groups is 1. The summed E-state index contributed by atoms with van der Waals surface area (Å²) in [6, 6.07) is 8.41. The first-order valence-electron chi connectivity index (χ1n) is 15.6. The van der Waals surface area contributed by atoms with Crippen LogP contribution in [0.15, 0.2) is 54.1 Å². The topological polar surface area (TPSA) is 147 Å². The van der Waals surface area contributed by atoms with Crippen molar-refractivity contribution in [1.29, 1.82) is 0 Å². The summed E-state index contributed by atoms with van der Waals surface area (Å²) in [7, 11) is 0. The summed E-state index contributed by atoms with van der Waals surface area (Å²) in [4.78, 5) is 62.4. The smallest absolute Gasteiger partial charge is 0.271 e. The first-order chi connectivity index (χ1) is 24.5. The summed E-state index contributed by atoms with van der Waals surface area (Å²) in [5, 5.41) is 21.9. The molecule has 6 atom stereocenters. The van der Waals surface area contributed by atoms with Crippen LogP contribution in [0.1, 0.15) is 31.2 Å². The number of allylic oxidation sites excluding steroid dienone is 2. The number of rotatable bonds is 6. The van der Waals surface area contributed by atoms with Crippen molar-refractivity contribution >= 4 is 63.9 Å². The van der Waals surface area contributed by atoms with Gasteiger partial charge in [0.05, 0.1) is 29.1 Å². The number of benzene rings is 3. The Morgan fingerprint density at radius 3 is 2.19 bits per heavy atom. The molecule has 3 fully saturated rings. The van der Waals surface area contributed by atoms with Crippen molar-refractivity contribution in [2.45, 2.75) is 35.4 Å². The van der Waals surface area contributed by atoms with E-state index < -0.39 is 109 Å². The molecular formula is C34H22Cl2F5N3O8. The summed E-state index contributed by atoms with van der Waals surface area (Å²) >= 11 is 14.2. The Hall–Kier alpha value is -5.09. The van der Waals surface area contributed by atoms with Gasteiger partial charge < -0.3 is 9.84 Å². The molecule has 4 aliphatic rings. The highest BCUT2D eigenvalue weighted by molar-refractivity contribution is 6.58. The predicted octanol–water partition coefficient (Wildman–Crippen LogP) is 6.16. The largest absolute Gasteiger partial charge is 0.504 e. The number of fused-ring (bicyclic) bond motifs is 4. The Balaban J connectivity index is 1.43. The standard InChI is InChI=1S/C34H22Cl2F5N3O8/c1-2-52-20-10-13(6-9-19(20)45)22-16-7-8-17-21(30(47)42(29(17)46)14-4-3-5-15(11-14)44(50)51)18(16)12-33(35)31(48)43(32(49)34(22,33)36)28-26(40)24(38)23(37)25(39)27(28)41/h3-7,9-11,17-18,21-22,45H,2,8,12H2,1H3/t17-,18+,21-,22-,33+,34-/m0/s1. The molecule has 2 aliphatic heterocycles. The van der Waals surface area contributed by atoms with Gasteiger partial charge in [0.1, 0.15) is 5.69 Å². The van der Waals surface area contributed by atoms with Crippen molar-refractivity contribution in [3.8, 4) is 11.5 Å². The van der Waals surface area contributed by atoms with Gasteiger partial charge in [-0.15, -0.1) is 23.2 Å². The van der Waals surface area contributed by atoms with Crippen molar-refractivity contribution in [2.24, 2.45) is 17.8 Å². The zero-order valence-corrected chi connectivity index (χ0v) is 27.9. The van der Waals surface area contributed by atoms with Crippen molar-refractivity contribution in [3.63, 3.8) is 0 Å². The number of nitrogens with zero attached hydrogens (tertiary/aromatic N) is 3. The second kappa shape index (κ2) is 12.0. The van der Waals surface area contributed by atoms with E-state index in [0.717, 1.165) is 23.1 Å². The minimum atomic E-state index is -2.77. The van der Waals surface area contributed by atoms with Crippen LogP contribution in [0.2, 0.25) is 0 Å². The van der Waals surface area contributed by atoms with Crippen molar-refractivity contribution in [2.75, 3.05) is 16.4 Å². The number of nitro benzene ring substituents is 1. The number of halogens is 7. The molecule has 18 heteroatoms. The number of amides is 4. The maximum Gasteiger partial charge on any atom is 0.271 e. The molecule has 2 aliphatic carbocycles. The third-order valence-electron chi connectivity index (χ3n) is 10.1. The summed E-state index contributed by atoms with van der Waals surface area (Å²) in [6.07, 6.45) is 0.604. The fraction of sp³-hybridized carbons (Fsp3) is 0.294. The Labute approximate surface area is 299 Å². The molecule has 1 saturated carbocycles. The highest BCUT2D eigenvalue weighted by Gasteiger charge is 2.77. The van der Waals surface area contributed by atoms with E-state index >= 15 is 8.78 Å². The highest BCUT2D eigenvalue weighted by atomic mass is 35.5. The number of carbonyl (C=O) groups is 4. The number of alkyl halides is 2. The number of carbonyl (C=O) groups excluding carboxylic acids is 4. The summed E-state index contributed by atoms with van der Waals surface area (Å²) in [5.74, 6) is -23.1. The molecule has 11 nitrogen and oxygen atoms in total. The Morgan fingerprint density at radius 1 is 0.904 bits per heavy atom. The Bertz CT molecular complexity index is 2180. The van der Waals surface area contributed by atoms with Crippen molar-refractivity contribution < 1.29 is 55.9 Å². The van der Waals surface area contributed by atoms with E-state index in [1.54, 1.807) is 6.92 Å². The van der Waals surface area contributed by atoms with E-state index in [2.05, 4.69) is 0 Å². The predicted molar refractivity (Wildman–Crippen MR) is 171 cm³/mol. The Morgan fingerprint density at radius 2 is 1.56 bits per heavy atom. The van der Waals surface area contributed by atoms with Gasteiger partial charge >= 0.3 is 0 Å². The van der Waals surface area contributed by atoms with Gasteiger partial charge in [-0.1, -0.05) is 23.8 Å². The van der Waals surface area contributed by atoms with Crippen LogP contribution in [0.4, 0.5) is 39.0 Å². The SMILES string of the molecule is CCOc1cc([C@H]2C3=CC[C@@H]4C(=O)N(c5cccc([N+](=O)[O-])c5)C(=O)[C@@H]4[C@@H]3C[C@@]3(Cl)C(=O)N(c4c(F)c(F)c(F)c(F)c4F)C(=O)[C@@]23Cl)ccc1O. The molecular weight excluding hydrogens is 744 g/mol. The lowest BCUT2D eigenvalue weighted by Gasteiger charge is -2.50. The summed E-state index contributed by atoms with van der Waals surface area (Å²) < 4.78 is 78.9. The quantitative estimate of drug-likeness (QED) is 0.0459. The molecule has 0 radical (unpaired) electrons. The number of anilines is 2. The summed E-state index contributed by atoms with van der Waals surface area (Å²) in [6.45, 7) is 1.63. The minimum Gasteiger partial charge on any atom is -0.504 e. The number of hydrogen-bond donors (Lipinski definition) is 1. The van der Waals surface area contributed by atoms with Gasteiger partial charge in [-0.05, 0) is 49.4 Å². The van der Waals surface area contributed by atoms with Gasteiger partial charge in [0.25, 0.3) is 17.5 Å². The second-order valence-corrected chi connectivity index (χ2v) is 13.9. The van der Waals surface area contributed by atoms with E-state index in [9.17, 15) is 47.6 Å². The van der Waals surface area contributed by atoms with Crippen LogP contribution in [0.5, 0.6) is 11.5 Å². The molecule has 3 aromatic carbocycles. The number of imide groups is 2. The molecule has 52 heavy (non-hydrogen) atoms. The molecule has 2 heterocycles. The molecule has 3 aromatic rings. The molecule has 270 valence electrons. The van der Waals surface area contributed by atoms with Gasteiger partial charge in [0.15, 0.2) is 44.5 Å². The van der Waals surface area contributed by atoms with E-state index in [1.165, 1.54) is 30.3 Å². The number of hydrogen-bond acceptors (Lipinski definition) is 8. The molecule has 4 amide bonds. The molecule has 0 bridgehead atoms. The molecule has 2 saturated heterocycles.